The molecule has 6 heteroatoms. The second-order valence-electron chi connectivity index (χ2n) is 5.28. The Morgan fingerprint density at radius 2 is 2.15 bits per heavy atom. The Morgan fingerprint density at radius 1 is 1.50 bits per heavy atom. The van der Waals surface area contributed by atoms with E-state index in [2.05, 4.69) is 5.32 Å². The van der Waals surface area contributed by atoms with Crippen LogP contribution in [0.3, 0.4) is 0 Å². The molecule has 0 aliphatic heterocycles. The zero-order valence-electron chi connectivity index (χ0n) is 11.7. The monoisotopic (exact) mass is 278 g/mol. The number of amides is 1. The third kappa shape index (κ3) is 4.78. The second-order valence-corrected chi connectivity index (χ2v) is 5.28. The van der Waals surface area contributed by atoms with Crippen molar-refractivity contribution in [2.75, 3.05) is 5.32 Å². The topological polar surface area (TPSA) is 103 Å². The summed E-state index contributed by atoms with van der Waals surface area (Å²) < 4.78 is 5.07. The van der Waals surface area contributed by atoms with E-state index in [1.165, 1.54) is 18.2 Å². The maximum atomic E-state index is 11.6. The minimum Gasteiger partial charge on any atom is -0.506 e. The van der Waals surface area contributed by atoms with Crippen LogP contribution in [-0.2, 0) is 4.74 Å². The summed E-state index contributed by atoms with van der Waals surface area (Å²) in [5, 5.41) is 30.3. The average Bonchev–Trinajstić information content (AvgIpc) is 2.29. The van der Waals surface area contributed by atoms with Crippen LogP contribution in [0.1, 0.15) is 38.9 Å². The van der Waals surface area contributed by atoms with Crippen molar-refractivity contribution in [2.24, 2.45) is 0 Å². The van der Waals surface area contributed by atoms with Gasteiger partial charge in [-0.1, -0.05) is 6.07 Å². The normalized spacial score (nSPS) is 12.3. The van der Waals surface area contributed by atoms with Gasteiger partial charge < -0.3 is 14.9 Å². The predicted molar refractivity (Wildman–Crippen MR) is 73.2 cm³/mol. The largest absolute Gasteiger partial charge is 0.506 e. The number of benzene rings is 1. The van der Waals surface area contributed by atoms with Gasteiger partial charge in [-0.25, -0.2) is 4.79 Å². The van der Waals surface area contributed by atoms with Gasteiger partial charge in [0.05, 0.1) is 24.3 Å². The fraction of sp³-hybridized carbons (Fsp3) is 0.429. The summed E-state index contributed by atoms with van der Waals surface area (Å²) in [4.78, 5) is 11.6. The van der Waals surface area contributed by atoms with Gasteiger partial charge in [0, 0.05) is 0 Å². The number of phenolic OH excluding ortho intramolecular Hbond substituents is 1. The zero-order valence-corrected chi connectivity index (χ0v) is 11.7. The van der Waals surface area contributed by atoms with Gasteiger partial charge in [0.15, 0.2) is 0 Å². The lowest BCUT2D eigenvalue weighted by molar-refractivity contribution is 0.0635. The SMILES string of the molecule is CC(C)(C)OC(=O)Nc1cc(C(O)CC#N)ccc1O. The number of carbonyl (C=O) groups excluding carboxylic acids is 1. The van der Waals surface area contributed by atoms with Gasteiger partial charge in [-0.2, -0.15) is 5.26 Å². The first-order chi connectivity index (χ1) is 9.23. The molecule has 0 radical (unpaired) electrons. The lowest BCUT2D eigenvalue weighted by atomic mass is 10.1. The number of rotatable bonds is 3. The van der Waals surface area contributed by atoms with E-state index in [1.54, 1.807) is 20.8 Å². The first-order valence-electron chi connectivity index (χ1n) is 6.11. The number of ether oxygens (including phenoxy) is 1. The summed E-state index contributed by atoms with van der Waals surface area (Å²) in [6.07, 6.45) is -1.75. The maximum Gasteiger partial charge on any atom is 0.412 e. The van der Waals surface area contributed by atoms with Crippen molar-refractivity contribution in [1.29, 1.82) is 5.26 Å². The molecular weight excluding hydrogens is 260 g/mol. The van der Waals surface area contributed by atoms with Gasteiger partial charge in [0.25, 0.3) is 0 Å². The molecule has 1 aromatic rings. The molecule has 108 valence electrons. The molecule has 0 heterocycles. The van der Waals surface area contributed by atoms with E-state index < -0.39 is 17.8 Å². The minimum absolute atomic E-state index is 0.0728. The number of nitrogens with zero attached hydrogens (tertiary/aromatic N) is 1. The first-order valence-corrected chi connectivity index (χ1v) is 6.11. The zero-order chi connectivity index (χ0) is 15.3. The van der Waals surface area contributed by atoms with Crippen molar-refractivity contribution in [2.45, 2.75) is 38.9 Å². The van der Waals surface area contributed by atoms with Crippen LogP contribution in [0.4, 0.5) is 10.5 Å². The van der Waals surface area contributed by atoms with Crippen molar-refractivity contribution < 1.29 is 19.7 Å². The molecule has 1 aromatic carbocycles. The number of aromatic hydroxyl groups is 1. The van der Waals surface area contributed by atoms with E-state index >= 15 is 0 Å². The maximum absolute atomic E-state index is 11.6. The first kappa shape index (κ1) is 15.8. The standard InChI is InChI=1S/C14H18N2O4/c1-14(2,3)20-13(19)16-10-8-9(4-5-12(10)18)11(17)6-7-15/h4-5,8,11,17-18H,6H2,1-3H3,(H,16,19). The highest BCUT2D eigenvalue weighted by Gasteiger charge is 2.18. The fourth-order valence-corrected chi connectivity index (χ4v) is 1.48. The smallest absolute Gasteiger partial charge is 0.412 e. The molecule has 1 atom stereocenters. The summed E-state index contributed by atoms with van der Waals surface area (Å²) in [6, 6.07) is 6.07. The highest BCUT2D eigenvalue weighted by atomic mass is 16.6. The molecule has 3 N–H and O–H groups in total. The molecule has 0 aliphatic carbocycles. The quantitative estimate of drug-likeness (QED) is 0.738. The highest BCUT2D eigenvalue weighted by Crippen LogP contribution is 2.28. The van der Waals surface area contributed by atoms with Crippen molar-refractivity contribution in [3.63, 3.8) is 0 Å². The molecular formula is C14H18N2O4. The third-order valence-electron chi connectivity index (χ3n) is 2.33. The van der Waals surface area contributed by atoms with Crippen LogP contribution in [0.2, 0.25) is 0 Å². The molecule has 0 aliphatic rings. The summed E-state index contributed by atoms with van der Waals surface area (Å²) in [5.74, 6) is -0.149. The molecule has 6 nitrogen and oxygen atoms in total. The fourth-order valence-electron chi connectivity index (χ4n) is 1.48. The Balaban J connectivity index is 2.87. The van der Waals surface area contributed by atoms with Crippen molar-refractivity contribution in [3.8, 4) is 11.8 Å². The second kappa shape index (κ2) is 6.26. The van der Waals surface area contributed by atoms with Crippen LogP contribution in [0.25, 0.3) is 0 Å². The number of hydrogen-bond donors (Lipinski definition) is 3. The van der Waals surface area contributed by atoms with Crippen LogP contribution >= 0.6 is 0 Å². The van der Waals surface area contributed by atoms with E-state index in [1.807, 2.05) is 6.07 Å². The highest BCUT2D eigenvalue weighted by molar-refractivity contribution is 5.87. The van der Waals surface area contributed by atoms with Gasteiger partial charge in [0.1, 0.15) is 11.4 Å². The lowest BCUT2D eigenvalue weighted by Crippen LogP contribution is -2.27. The van der Waals surface area contributed by atoms with E-state index in [9.17, 15) is 15.0 Å². The van der Waals surface area contributed by atoms with Crippen LogP contribution < -0.4 is 5.32 Å². The Bertz CT molecular complexity index is 529. The Hall–Kier alpha value is -2.26. The molecule has 20 heavy (non-hydrogen) atoms. The minimum atomic E-state index is -0.972. The van der Waals surface area contributed by atoms with Crippen molar-refractivity contribution in [3.05, 3.63) is 23.8 Å². The van der Waals surface area contributed by atoms with Crippen LogP contribution in [-0.4, -0.2) is 21.9 Å². The van der Waals surface area contributed by atoms with Crippen molar-refractivity contribution in [1.82, 2.24) is 0 Å². The van der Waals surface area contributed by atoms with E-state index in [-0.39, 0.29) is 17.9 Å². The van der Waals surface area contributed by atoms with Crippen LogP contribution in [0, 0.1) is 11.3 Å². The molecule has 0 bridgehead atoms. The van der Waals surface area contributed by atoms with Gasteiger partial charge >= 0.3 is 6.09 Å². The number of hydrogen-bond acceptors (Lipinski definition) is 5. The van der Waals surface area contributed by atoms with Gasteiger partial charge in [-0.05, 0) is 38.5 Å². The molecule has 0 spiro atoms. The van der Waals surface area contributed by atoms with E-state index in [0.29, 0.717) is 5.56 Å². The van der Waals surface area contributed by atoms with Crippen LogP contribution in [0.15, 0.2) is 18.2 Å². The average molecular weight is 278 g/mol. The van der Waals surface area contributed by atoms with Gasteiger partial charge in [0.2, 0.25) is 0 Å². The number of nitrogens with one attached hydrogen (secondary N) is 1. The molecule has 0 saturated heterocycles. The number of aliphatic hydroxyl groups is 1. The Labute approximate surface area is 117 Å². The van der Waals surface area contributed by atoms with E-state index in [0.717, 1.165) is 0 Å². The molecule has 1 rings (SSSR count). The third-order valence-corrected chi connectivity index (χ3v) is 2.33. The van der Waals surface area contributed by atoms with Gasteiger partial charge in [-0.3, -0.25) is 5.32 Å². The summed E-state index contributed by atoms with van der Waals surface area (Å²) in [7, 11) is 0. The number of nitriles is 1. The summed E-state index contributed by atoms with van der Waals surface area (Å²) >= 11 is 0. The molecule has 0 fully saturated rings. The Kier molecular flexibility index (Phi) is 4.94. The number of anilines is 1. The number of carbonyl (C=O) groups is 1. The van der Waals surface area contributed by atoms with E-state index in [4.69, 9.17) is 10.00 Å². The molecule has 1 unspecified atom stereocenters. The van der Waals surface area contributed by atoms with Crippen molar-refractivity contribution >= 4 is 11.8 Å². The molecule has 0 aromatic heterocycles. The molecule has 0 saturated carbocycles. The number of phenols is 1. The summed E-state index contributed by atoms with van der Waals surface area (Å²) in [6.45, 7) is 5.17. The Morgan fingerprint density at radius 3 is 2.70 bits per heavy atom. The van der Waals surface area contributed by atoms with Gasteiger partial charge in [-0.15, -0.1) is 0 Å². The lowest BCUT2D eigenvalue weighted by Gasteiger charge is -2.20. The molecule has 1 amide bonds. The summed E-state index contributed by atoms with van der Waals surface area (Å²) in [5.41, 5.74) is -0.110. The predicted octanol–water partition coefficient (Wildman–Crippen LogP) is 2.69. The number of aliphatic hydroxyl groups excluding tert-OH is 1. The van der Waals surface area contributed by atoms with Crippen LogP contribution in [0.5, 0.6) is 5.75 Å².